The number of nitrogens with two attached hydrogens (primary N) is 1. The van der Waals surface area contributed by atoms with Gasteiger partial charge < -0.3 is 21.3 Å². The van der Waals surface area contributed by atoms with E-state index in [1.807, 2.05) is 0 Å². The lowest BCUT2D eigenvalue weighted by Crippen LogP contribution is -2.52. The fourth-order valence-corrected chi connectivity index (χ4v) is 4.01. The number of likely N-dealkylation sites (tertiary alicyclic amines) is 1. The first-order valence-electron chi connectivity index (χ1n) is 10.2. The van der Waals surface area contributed by atoms with Crippen LogP contribution in [0.15, 0.2) is 24.3 Å². The molecule has 3 atom stereocenters. The summed E-state index contributed by atoms with van der Waals surface area (Å²) in [6.45, 7) is -0.408. The molecule has 0 aromatic heterocycles. The quantitative estimate of drug-likeness (QED) is 0.700. The summed E-state index contributed by atoms with van der Waals surface area (Å²) in [5.41, 5.74) is 3.72. The first kappa shape index (κ1) is 15.6. The number of alkyl halides is 1. The minimum atomic E-state index is -2.71. The molecule has 4 N–H and O–H groups in total. The highest BCUT2D eigenvalue weighted by molar-refractivity contribution is 6.08. The maximum atomic E-state index is 14.3. The summed E-state index contributed by atoms with van der Waals surface area (Å²) in [4.78, 5) is 39.4. The van der Waals surface area contributed by atoms with Crippen LogP contribution in [0.4, 0.5) is 10.1 Å². The van der Waals surface area contributed by atoms with Crippen LogP contribution in [0, 0.1) is 0 Å². The standard InChI is InChI=1S/C19H25FN4O3/c1-18(2,20)8-13(22-3)16(26)24-10-19(9-14(24)15(21)25)11-6-4-5-7-12(11)23-17(19)27/h4-7,13-14,22H,8-10H2,1-3H3,(H2,21,25)(H,23,27)/t13-,14-,19-/m0/s1/i3D3. The van der Waals surface area contributed by atoms with Crippen molar-refractivity contribution in [1.29, 1.82) is 0 Å². The lowest BCUT2D eigenvalue weighted by atomic mass is 9.79. The monoisotopic (exact) mass is 379 g/mol. The van der Waals surface area contributed by atoms with Gasteiger partial charge >= 0.3 is 0 Å². The van der Waals surface area contributed by atoms with Crippen molar-refractivity contribution in [1.82, 2.24) is 10.2 Å². The van der Waals surface area contributed by atoms with E-state index in [1.54, 1.807) is 24.3 Å². The van der Waals surface area contributed by atoms with E-state index in [-0.39, 0.29) is 18.9 Å². The summed E-state index contributed by atoms with van der Waals surface area (Å²) in [5.74, 6) is -1.96. The lowest BCUT2D eigenvalue weighted by Gasteiger charge is -2.29. The van der Waals surface area contributed by atoms with Crippen molar-refractivity contribution < 1.29 is 22.9 Å². The van der Waals surface area contributed by atoms with E-state index in [4.69, 9.17) is 9.85 Å². The summed E-state index contributed by atoms with van der Waals surface area (Å²) in [5, 5.41) is 4.93. The van der Waals surface area contributed by atoms with Gasteiger partial charge in [-0.25, -0.2) is 4.39 Å². The normalized spacial score (nSPS) is 27.5. The highest BCUT2D eigenvalue weighted by Crippen LogP contribution is 2.46. The van der Waals surface area contributed by atoms with E-state index in [9.17, 15) is 18.8 Å². The molecule has 1 saturated heterocycles. The topological polar surface area (TPSA) is 105 Å². The van der Waals surface area contributed by atoms with Gasteiger partial charge in [0.05, 0.1) is 11.5 Å². The van der Waals surface area contributed by atoms with Crippen molar-refractivity contribution in [2.45, 2.75) is 49.9 Å². The second-order valence-corrected chi connectivity index (χ2v) is 7.79. The Kier molecular flexibility index (Phi) is 3.80. The molecule has 7 nitrogen and oxygen atoms in total. The van der Waals surface area contributed by atoms with Gasteiger partial charge in [-0.15, -0.1) is 0 Å². The van der Waals surface area contributed by atoms with Crippen LogP contribution >= 0.6 is 0 Å². The fraction of sp³-hybridized carbons (Fsp3) is 0.526. The Morgan fingerprint density at radius 3 is 2.85 bits per heavy atom. The molecule has 0 bridgehead atoms. The van der Waals surface area contributed by atoms with E-state index in [1.165, 1.54) is 13.8 Å². The predicted molar refractivity (Wildman–Crippen MR) is 98.7 cm³/mol. The average Bonchev–Trinajstić information content (AvgIpc) is 3.12. The van der Waals surface area contributed by atoms with Crippen molar-refractivity contribution in [3.63, 3.8) is 0 Å². The maximum absolute atomic E-state index is 14.3. The van der Waals surface area contributed by atoms with Crippen LogP contribution in [0.3, 0.4) is 0 Å². The maximum Gasteiger partial charge on any atom is 0.240 e. The number of anilines is 1. The molecule has 1 aromatic carbocycles. The minimum absolute atomic E-state index is 0.0313. The van der Waals surface area contributed by atoms with Crippen molar-refractivity contribution in [3.8, 4) is 0 Å². The molecule has 2 heterocycles. The van der Waals surface area contributed by atoms with Crippen LogP contribution in [0.5, 0.6) is 0 Å². The van der Waals surface area contributed by atoms with Crippen LogP contribution < -0.4 is 16.4 Å². The largest absolute Gasteiger partial charge is 0.368 e. The molecule has 2 aliphatic heterocycles. The Labute approximate surface area is 161 Å². The van der Waals surface area contributed by atoms with Crippen LogP contribution in [0.25, 0.3) is 0 Å². The van der Waals surface area contributed by atoms with E-state index in [0.717, 1.165) is 4.90 Å². The van der Waals surface area contributed by atoms with E-state index >= 15 is 0 Å². The molecule has 0 radical (unpaired) electrons. The van der Waals surface area contributed by atoms with Gasteiger partial charge in [0.1, 0.15) is 11.7 Å². The van der Waals surface area contributed by atoms with Crippen molar-refractivity contribution >= 4 is 23.4 Å². The number of rotatable bonds is 5. The molecule has 1 aromatic rings. The van der Waals surface area contributed by atoms with Crippen LogP contribution in [0.1, 0.15) is 36.4 Å². The third-order valence-electron chi connectivity index (χ3n) is 5.26. The van der Waals surface area contributed by atoms with Gasteiger partial charge in [0, 0.05) is 22.8 Å². The molecule has 27 heavy (non-hydrogen) atoms. The van der Waals surface area contributed by atoms with E-state index < -0.39 is 48.4 Å². The fourth-order valence-electron chi connectivity index (χ4n) is 4.01. The number of primary amides is 1. The number of halogens is 1. The molecule has 2 aliphatic rings. The van der Waals surface area contributed by atoms with Gasteiger partial charge in [0.2, 0.25) is 17.7 Å². The number of fused-ring (bicyclic) bond motifs is 2. The number of para-hydroxylation sites is 1. The Balaban J connectivity index is 1.98. The number of amides is 3. The third kappa shape index (κ3) is 3.29. The number of benzene rings is 1. The number of hydrogen-bond acceptors (Lipinski definition) is 4. The molecule has 146 valence electrons. The van der Waals surface area contributed by atoms with Crippen LogP contribution in [0.2, 0.25) is 0 Å². The highest BCUT2D eigenvalue weighted by Gasteiger charge is 2.57. The Morgan fingerprint density at radius 2 is 2.22 bits per heavy atom. The Hall–Kier alpha value is -2.48. The zero-order chi connectivity index (χ0) is 22.5. The number of hydrogen-bond donors (Lipinski definition) is 3. The summed E-state index contributed by atoms with van der Waals surface area (Å²) in [6.07, 6.45) is -0.460. The molecule has 1 fully saturated rings. The predicted octanol–water partition coefficient (Wildman–Crippen LogP) is 0.689. The smallest absolute Gasteiger partial charge is 0.240 e. The zero-order valence-corrected chi connectivity index (χ0v) is 15.2. The third-order valence-corrected chi connectivity index (χ3v) is 5.26. The zero-order valence-electron chi connectivity index (χ0n) is 18.2. The summed E-state index contributed by atoms with van der Waals surface area (Å²) >= 11 is 0. The van der Waals surface area contributed by atoms with Crippen LogP contribution in [-0.4, -0.2) is 53.9 Å². The van der Waals surface area contributed by atoms with Gasteiger partial charge in [-0.2, -0.15) is 0 Å². The van der Waals surface area contributed by atoms with E-state index in [2.05, 4.69) is 10.6 Å². The lowest BCUT2D eigenvalue weighted by molar-refractivity contribution is -0.139. The molecule has 8 heteroatoms. The molecular formula is C19H25FN4O3. The average molecular weight is 379 g/mol. The first-order valence-corrected chi connectivity index (χ1v) is 8.71. The van der Waals surface area contributed by atoms with Crippen molar-refractivity contribution in [3.05, 3.63) is 29.8 Å². The van der Waals surface area contributed by atoms with Crippen molar-refractivity contribution in [2.75, 3.05) is 18.8 Å². The molecular weight excluding hydrogens is 351 g/mol. The molecule has 0 saturated carbocycles. The van der Waals surface area contributed by atoms with Gasteiger partial charge in [-0.1, -0.05) is 18.2 Å². The van der Waals surface area contributed by atoms with Gasteiger partial charge in [0.25, 0.3) is 0 Å². The SMILES string of the molecule is [2H]C([2H])([2H])N[C@@H](CC(C)(C)F)C(=O)N1C[C@]2(C[C@H]1C(N)=O)C(=O)Nc1ccccc12. The minimum Gasteiger partial charge on any atom is -0.368 e. The van der Waals surface area contributed by atoms with Gasteiger partial charge in [-0.3, -0.25) is 14.4 Å². The van der Waals surface area contributed by atoms with Gasteiger partial charge in [-0.05, 0) is 38.9 Å². The number of nitrogens with one attached hydrogen (secondary N) is 2. The van der Waals surface area contributed by atoms with Crippen molar-refractivity contribution in [2.24, 2.45) is 5.73 Å². The first-order chi connectivity index (χ1) is 13.7. The summed E-state index contributed by atoms with van der Waals surface area (Å²) < 4.78 is 36.6. The second-order valence-electron chi connectivity index (χ2n) is 7.79. The summed E-state index contributed by atoms with van der Waals surface area (Å²) in [6, 6.07) is 4.40. The second kappa shape index (κ2) is 6.60. The molecule has 0 unspecified atom stereocenters. The number of nitrogens with zero attached hydrogens (tertiary/aromatic N) is 1. The number of carbonyl (C=O) groups is 3. The molecule has 3 rings (SSSR count). The van der Waals surface area contributed by atoms with E-state index in [0.29, 0.717) is 11.3 Å². The number of likely N-dealkylation sites (N-methyl/N-ethyl adjacent to an activating group) is 1. The molecule has 3 amide bonds. The Bertz CT molecular complexity index is 871. The highest BCUT2D eigenvalue weighted by atomic mass is 19.1. The Morgan fingerprint density at radius 1 is 1.52 bits per heavy atom. The van der Waals surface area contributed by atoms with Crippen LogP contribution in [-0.2, 0) is 19.8 Å². The van der Waals surface area contributed by atoms with Gasteiger partial charge in [0.15, 0.2) is 0 Å². The summed E-state index contributed by atoms with van der Waals surface area (Å²) in [7, 11) is 0. The molecule has 1 spiro atoms. The number of carbonyl (C=O) groups excluding carboxylic acids is 3. The molecule has 0 aliphatic carbocycles.